The van der Waals surface area contributed by atoms with Gasteiger partial charge in [-0.3, -0.25) is 0 Å². The van der Waals surface area contributed by atoms with Gasteiger partial charge in [-0.25, -0.2) is 0 Å². The van der Waals surface area contributed by atoms with E-state index < -0.39 is 0 Å². The predicted molar refractivity (Wildman–Crippen MR) is 158 cm³/mol. The van der Waals surface area contributed by atoms with Crippen LogP contribution in [0.1, 0.15) is 38.8 Å². The van der Waals surface area contributed by atoms with Crippen LogP contribution in [0, 0.1) is 13.8 Å². The summed E-state index contributed by atoms with van der Waals surface area (Å²) in [5.74, 6) is 0. The lowest BCUT2D eigenvalue weighted by atomic mass is 9.79. The molecule has 4 aromatic rings. The van der Waals surface area contributed by atoms with Gasteiger partial charge in [0.25, 0.3) is 0 Å². The van der Waals surface area contributed by atoms with E-state index >= 15 is 0 Å². The molecule has 36 heavy (non-hydrogen) atoms. The molecular weight excluding hydrogens is 507 g/mol. The number of aryl methyl sites for hydroxylation is 2. The third-order valence-corrected chi connectivity index (χ3v) is 7.02. The van der Waals surface area contributed by atoms with Crippen LogP contribution in [0.4, 0.5) is 0 Å². The van der Waals surface area contributed by atoms with Gasteiger partial charge in [-0.05, 0) is 70.3 Å². The molecule has 1 aliphatic rings. The minimum absolute atomic E-state index is 0.240. The molecule has 0 saturated carbocycles. The molecule has 1 fully saturated rings. The van der Waals surface area contributed by atoms with Crippen LogP contribution in [0.15, 0.2) is 114 Å². The summed E-state index contributed by atoms with van der Waals surface area (Å²) >= 11 is 3.35. The van der Waals surface area contributed by atoms with Crippen molar-refractivity contribution in [3.8, 4) is 11.1 Å². The quantitative estimate of drug-likeness (QED) is 0.237. The highest BCUT2D eigenvalue weighted by molar-refractivity contribution is 9.10. The summed E-state index contributed by atoms with van der Waals surface area (Å²) in [5.41, 5.74) is 5.74. The van der Waals surface area contributed by atoms with E-state index in [1.54, 1.807) is 0 Å². The topological polar surface area (TPSA) is 18.5 Å². The monoisotopic (exact) mass is 542 g/mol. The van der Waals surface area contributed by atoms with E-state index in [2.05, 4.69) is 118 Å². The number of rotatable bonds is 2. The third kappa shape index (κ3) is 7.93. The number of benzene rings is 4. The average Bonchev–Trinajstić information content (AvgIpc) is 3.10. The first kappa shape index (κ1) is 27.9. The number of halogens is 1. The van der Waals surface area contributed by atoms with E-state index in [9.17, 15) is 0 Å². The molecule has 0 atom stereocenters. The Bertz CT molecular complexity index is 1150. The van der Waals surface area contributed by atoms with Gasteiger partial charge >= 0.3 is 7.12 Å². The van der Waals surface area contributed by atoms with Crippen LogP contribution >= 0.6 is 15.9 Å². The highest BCUT2D eigenvalue weighted by Gasteiger charge is 2.51. The molecule has 186 valence electrons. The van der Waals surface area contributed by atoms with E-state index in [4.69, 9.17) is 9.31 Å². The normalized spacial score (nSPS) is 15.2. The zero-order valence-electron chi connectivity index (χ0n) is 22.2. The van der Waals surface area contributed by atoms with E-state index in [1.807, 2.05) is 48.5 Å². The minimum Gasteiger partial charge on any atom is -0.399 e. The Hall–Kier alpha value is -2.66. The summed E-state index contributed by atoms with van der Waals surface area (Å²) in [6.07, 6.45) is 0. The van der Waals surface area contributed by atoms with Crippen LogP contribution in [-0.4, -0.2) is 18.3 Å². The molecular formula is C32H36BBrO2. The molecule has 0 bridgehead atoms. The molecule has 5 rings (SSSR count). The van der Waals surface area contributed by atoms with Crippen molar-refractivity contribution in [3.63, 3.8) is 0 Å². The molecule has 0 aromatic heterocycles. The lowest BCUT2D eigenvalue weighted by Gasteiger charge is -2.32. The maximum atomic E-state index is 5.93. The van der Waals surface area contributed by atoms with Gasteiger partial charge in [-0.1, -0.05) is 124 Å². The second kappa shape index (κ2) is 12.5. The zero-order valence-corrected chi connectivity index (χ0v) is 23.8. The molecule has 4 aromatic carbocycles. The number of hydrogen-bond acceptors (Lipinski definition) is 2. The maximum Gasteiger partial charge on any atom is 0.494 e. The molecule has 1 heterocycles. The van der Waals surface area contributed by atoms with Crippen LogP contribution in [0.2, 0.25) is 0 Å². The van der Waals surface area contributed by atoms with Gasteiger partial charge < -0.3 is 9.31 Å². The molecule has 4 heteroatoms. The van der Waals surface area contributed by atoms with Crippen molar-refractivity contribution in [2.24, 2.45) is 0 Å². The Balaban J connectivity index is 0.000000157. The van der Waals surface area contributed by atoms with Gasteiger partial charge in [0.2, 0.25) is 0 Å². The first-order valence-electron chi connectivity index (χ1n) is 12.3. The van der Waals surface area contributed by atoms with Crippen LogP contribution in [0.5, 0.6) is 0 Å². The van der Waals surface area contributed by atoms with Gasteiger partial charge in [0.05, 0.1) is 11.2 Å². The summed E-state index contributed by atoms with van der Waals surface area (Å²) in [4.78, 5) is 0. The van der Waals surface area contributed by atoms with Crippen molar-refractivity contribution in [1.29, 1.82) is 0 Å². The fraction of sp³-hybridized carbons (Fsp3) is 0.250. The third-order valence-electron chi connectivity index (χ3n) is 6.49. The molecule has 0 spiro atoms. The molecule has 0 amide bonds. The standard InChI is InChI=1S/C13H12.C12H17BO2.C7H7Br/c1-11-7-9-13(10-8-11)12-5-3-2-4-6-12;1-11(2)12(3,4)15-13(14-11)10-8-6-5-7-9-10;1-6-2-4-7(8)5-3-6/h2-10H,1H3;5-9H,1-4H3;2-5H,1H3. The summed E-state index contributed by atoms with van der Waals surface area (Å²) in [6, 6.07) is 37.3. The fourth-order valence-electron chi connectivity index (χ4n) is 3.50. The minimum atomic E-state index is -0.256. The Kier molecular flexibility index (Phi) is 9.73. The van der Waals surface area contributed by atoms with Gasteiger partial charge in [-0.15, -0.1) is 0 Å². The Morgan fingerprint density at radius 1 is 0.528 bits per heavy atom. The van der Waals surface area contributed by atoms with E-state index in [0.717, 1.165) is 9.94 Å². The highest BCUT2D eigenvalue weighted by Crippen LogP contribution is 2.36. The SMILES string of the molecule is CC1(C)OB(c2ccccc2)OC1(C)C.Cc1ccc(-c2ccccc2)cc1.Cc1ccc(Br)cc1. The zero-order chi connectivity index (χ0) is 26.2. The van der Waals surface area contributed by atoms with E-state index in [1.165, 1.54) is 22.3 Å². The van der Waals surface area contributed by atoms with Gasteiger partial charge in [0.1, 0.15) is 0 Å². The smallest absolute Gasteiger partial charge is 0.399 e. The first-order chi connectivity index (χ1) is 17.1. The number of hydrogen-bond donors (Lipinski definition) is 0. The van der Waals surface area contributed by atoms with Crippen LogP contribution < -0.4 is 5.46 Å². The lowest BCUT2D eigenvalue weighted by molar-refractivity contribution is 0.00578. The van der Waals surface area contributed by atoms with Gasteiger partial charge in [0, 0.05) is 4.47 Å². The second-order valence-corrected chi connectivity index (χ2v) is 10.9. The molecule has 0 aliphatic carbocycles. The summed E-state index contributed by atoms with van der Waals surface area (Å²) in [6.45, 7) is 12.4. The largest absolute Gasteiger partial charge is 0.494 e. The highest BCUT2D eigenvalue weighted by atomic mass is 79.9. The van der Waals surface area contributed by atoms with E-state index in [0.29, 0.717) is 0 Å². The van der Waals surface area contributed by atoms with Crippen LogP contribution in [0.3, 0.4) is 0 Å². The Morgan fingerprint density at radius 3 is 1.36 bits per heavy atom. The van der Waals surface area contributed by atoms with Crippen molar-refractivity contribution in [1.82, 2.24) is 0 Å². The van der Waals surface area contributed by atoms with Crippen molar-refractivity contribution in [3.05, 3.63) is 125 Å². The van der Waals surface area contributed by atoms with Crippen molar-refractivity contribution in [2.45, 2.75) is 52.7 Å². The summed E-state index contributed by atoms with van der Waals surface area (Å²) < 4.78 is 13.0. The van der Waals surface area contributed by atoms with Crippen LogP contribution in [0.25, 0.3) is 11.1 Å². The maximum absolute atomic E-state index is 5.93. The van der Waals surface area contributed by atoms with Crippen molar-refractivity contribution in [2.75, 3.05) is 0 Å². The second-order valence-electron chi connectivity index (χ2n) is 10.0. The molecule has 0 unspecified atom stereocenters. The molecule has 2 nitrogen and oxygen atoms in total. The van der Waals surface area contributed by atoms with Gasteiger partial charge in [0.15, 0.2) is 0 Å². The van der Waals surface area contributed by atoms with Crippen molar-refractivity contribution >= 4 is 28.5 Å². The molecule has 0 N–H and O–H groups in total. The first-order valence-corrected chi connectivity index (χ1v) is 13.1. The fourth-order valence-corrected chi connectivity index (χ4v) is 3.76. The van der Waals surface area contributed by atoms with Gasteiger partial charge in [-0.2, -0.15) is 0 Å². The summed E-state index contributed by atoms with van der Waals surface area (Å²) in [5, 5.41) is 0. The average molecular weight is 543 g/mol. The van der Waals surface area contributed by atoms with E-state index in [-0.39, 0.29) is 18.3 Å². The lowest BCUT2D eigenvalue weighted by Crippen LogP contribution is -2.41. The Morgan fingerprint density at radius 2 is 0.917 bits per heavy atom. The predicted octanol–water partition coefficient (Wildman–Crippen LogP) is 8.41. The molecule has 1 saturated heterocycles. The molecule has 0 radical (unpaired) electrons. The van der Waals surface area contributed by atoms with Crippen molar-refractivity contribution < 1.29 is 9.31 Å². The van der Waals surface area contributed by atoms with Crippen LogP contribution in [-0.2, 0) is 9.31 Å². The Labute approximate surface area is 226 Å². The molecule has 1 aliphatic heterocycles. The summed E-state index contributed by atoms with van der Waals surface area (Å²) in [7, 11) is -0.240.